The molecule has 0 aliphatic carbocycles. The third-order valence-electron chi connectivity index (χ3n) is 5.62. The second-order valence-electron chi connectivity index (χ2n) is 7.93. The van der Waals surface area contributed by atoms with Crippen molar-refractivity contribution in [1.29, 1.82) is 0 Å². The summed E-state index contributed by atoms with van der Waals surface area (Å²) in [6.45, 7) is 0.453. The van der Waals surface area contributed by atoms with Crippen molar-refractivity contribution in [1.82, 2.24) is 4.31 Å². The van der Waals surface area contributed by atoms with E-state index in [1.165, 1.54) is 29.6 Å². The molecular weight excluding hydrogens is 476 g/mol. The Labute approximate surface area is 204 Å². The number of sulfonamides is 1. The van der Waals surface area contributed by atoms with Crippen LogP contribution in [0.15, 0.2) is 77.7 Å². The fourth-order valence-corrected chi connectivity index (χ4v) is 5.68. The number of rotatable bonds is 7. The molecule has 0 radical (unpaired) electrons. The lowest BCUT2D eigenvalue weighted by atomic mass is 9.99. The van der Waals surface area contributed by atoms with Crippen molar-refractivity contribution < 1.29 is 22.7 Å². The van der Waals surface area contributed by atoms with E-state index in [-0.39, 0.29) is 22.4 Å². The molecule has 9 heteroatoms. The Hall–Kier alpha value is -3.07. The second-order valence-corrected chi connectivity index (χ2v) is 10.3. The van der Waals surface area contributed by atoms with Crippen molar-refractivity contribution in [2.75, 3.05) is 25.5 Å². The molecule has 1 saturated heterocycles. The van der Waals surface area contributed by atoms with Crippen molar-refractivity contribution in [2.45, 2.75) is 17.7 Å². The highest BCUT2D eigenvalue weighted by atomic mass is 35.5. The van der Waals surface area contributed by atoms with E-state index in [9.17, 15) is 13.2 Å². The predicted octanol–water partition coefficient (Wildman–Crippen LogP) is 5.18. The molecule has 3 aromatic carbocycles. The number of halogens is 1. The molecule has 1 aliphatic heterocycles. The lowest BCUT2D eigenvalue weighted by Gasteiger charge is -2.31. The molecule has 0 spiro atoms. The van der Waals surface area contributed by atoms with Gasteiger partial charge in [-0.15, -0.1) is 0 Å². The van der Waals surface area contributed by atoms with Gasteiger partial charge < -0.3 is 14.8 Å². The molecular formula is C25H25ClN2O5S. The van der Waals surface area contributed by atoms with Crippen LogP contribution < -0.4 is 14.8 Å². The van der Waals surface area contributed by atoms with Crippen LogP contribution in [-0.2, 0) is 14.8 Å². The summed E-state index contributed by atoms with van der Waals surface area (Å²) in [6.07, 6.45) is 1.20. The Bertz CT molecular complexity index is 1250. The Kier molecular flexibility index (Phi) is 7.41. The van der Waals surface area contributed by atoms with E-state index in [1.54, 1.807) is 24.3 Å². The minimum atomic E-state index is -3.79. The average Bonchev–Trinajstić information content (AvgIpc) is 2.86. The highest BCUT2D eigenvalue weighted by Gasteiger charge is 2.33. The molecule has 4 rings (SSSR count). The summed E-state index contributed by atoms with van der Waals surface area (Å²) in [6, 6.07) is 20.8. The van der Waals surface area contributed by atoms with Crippen LogP contribution in [0.25, 0.3) is 0 Å². The lowest BCUT2D eigenvalue weighted by molar-refractivity contribution is -0.120. The zero-order valence-corrected chi connectivity index (χ0v) is 20.2. The smallest absolute Gasteiger partial charge is 0.243 e. The number of para-hydroxylation sites is 1. The minimum Gasteiger partial charge on any atom is -0.495 e. The monoisotopic (exact) mass is 500 g/mol. The molecule has 1 fully saturated rings. The van der Waals surface area contributed by atoms with Gasteiger partial charge in [0.05, 0.1) is 22.9 Å². The zero-order chi connectivity index (χ0) is 24.1. The minimum absolute atomic E-state index is 0.0772. The summed E-state index contributed by atoms with van der Waals surface area (Å²) in [5, 5.41) is 3.10. The number of amides is 1. The maximum atomic E-state index is 13.1. The van der Waals surface area contributed by atoms with Crippen molar-refractivity contribution in [3.63, 3.8) is 0 Å². The summed E-state index contributed by atoms with van der Waals surface area (Å²) in [4.78, 5) is 13.0. The number of ether oxygens (including phenoxy) is 2. The maximum Gasteiger partial charge on any atom is 0.243 e. The van der Waals surface area contributed by atoms with E-state index >= 15 is 0 Å². The fourth-order valence-electron chi connectivity index (χ4n) is 3.81. The Morgan fingerprint density at radius 2 is 1.74 bits per heavy atom. The second kappa shape index (κ2) is 10.5. The van der Waals surface area contributed by atoms with Gasteiger partial charge in [0.15, 0.2) is 0 Å². The molecule has 1 atom stereocenters. The normalized spacial score (nSPS) is 16.6. The van der Waals surface area contributed by atoms with Crippen molar-refractivity contribution in [2.24, 2.45) is 5.92 Å². The third kappa shape index (κ3) is 5.52. The molecule has 0 aromatic heterocycles. The van der Waals surface area contributed by atoms with Crippen molar-refractivity contribution in [3.05, 3.63) is 77.8 Å². The SMILES string of the molecule is COc1ccc(S(=O)(=O)N2CCC[C@@H](C(=O)Nc3ccc(Oc4ccccc4)cc3)C2)cc1Cl. The molecule has 1 heterocycles. The van der Waals surface area contributed by atoms with E-state index in [2.05, 4.69) is 5.32 Å². The molecule has 0 unspecified atom stereocenters. The summed E-state index contributed by atoms with van der Waals surface area (Å²) in [5.74, 6) is 1.09. The third-order valence-corrected chi connectivity index (χ3v) is 7.77. The number of piperidine rings is 1. The van der Waals surface area contributed by atoms with Gasteiger partial charge in [0, 0.05) is 18.8 Å². The Morgan fingerprint density at radius 3 is 2.41 bits per heavy atom. The van der Waals surface area contributed by atoms with Gasteiger partial charge >= 0.3 is 0 Å². The fraction of sp³-hybridized carbons (Fsp3) is 0.240. The van der Waals surface area contributed by atoms with Crippen LogP contribution in [0, 0.1) is 5.92 Å². The number of nitrogens with one attached hydrogen (secondary N) is 1. The van der Waals surface area contributed by atoms with Crippen molar-refractivity contribution in [3.8, 4) is 17.2 Å². The molecule has 7 nitrogen and oxygen atoms in total. The van der Waals surface area contributed by atoms with Gasteiger partial charge in [-0.2, -0.15) is 4.31 Å². The standard InChI is InChI=1S/C25H25ClN2O5S/c1-32-24-14-13-22(16-23(24)26)34(30,31)28-15-5-6-18(17-28)25(29)27-19-9-11-21(12-10-19)33-20-7-3-2-4-8-20/h2-4,7-14,16,18H,5-6,15,17H2,1H3,(H,27,29)/t18-/m1/s1. The highest BCUT2D eigenvalue weighted by Crippen LogP contribution is 2.30. The van der Waals surface area contributed by atoms with Crippen LogP contribution in [0.3, 0.4) is 0 Å². The first-order valence-corrected chi connectivity index (χ1v) is 12.7. The average molecular weight is 501 g/mol. The molecule has 1 N–H and O–H groups in total. The van der Waals surface area contributed by atoms with Crippen LogP contribution in [-0.4, -0.2) is 38.8 Å². The van der Waals surface area contributed by atoms with Gasteiger partial charge in [-0.25, -0.2) is 8.42 Å². The van der Waals surface area contributed by atoms with Gasteiger partial charge in [0.2, 0.25) is 15.9 Å². The van der Waals surface area contributed by atoms with E-state index in [0.29, 0.717) is 36.6 Å². The zero-order valence-electron chi connectivity index (χ0n) is 18.6. The van der Waals surface area contributed by atoms with E-state index in [0.717, 1.165) is 5.75 Å². The van der Waals surface area contributed by atoms with Crippen LogP contribution in [0.5, 0.6) is 17.2 Å². The number of anilines is 1. The quantitative estimate of drug-likeness (QED) is 0.483. The number of hydrogen-bond donors (Lipinski definition) is 1. The summed E-state index contributed by atoms with van der Waals surface area (Å²) in [7, 11) is -2.32. The predicted molar refractivity (Wildman–Crippen MR) is 131 cm³/mol. The number of benzene rings is 3. The molecule has 1 aliphatic rings. The van der Waals surface area contributed by atoms with Crippen LogP contribution in [0.2, 0.25) is 5.02 Å². The lowest BCUT2D eigenvalue weighted by Crippen LogP contribution is -2.43. The van der Waals surface area contributed by atoms with E-state index < -0.39 is 15.9 Å². The van der Waals surface area contributed by atoms with Gasteiger partial charge in [-0.05, 0) is 67.4 Å². The largest absolute Gasteiger partial charge is 0.495 e. The summed E-state index contributed by atoms with van der Waals surface area (Å²) < 4.78 is 38.5. The van der Waals surface area contributed by atoms with Crippen LogP contribution in [0.1, 0.15) is 12.8 Å². The number of nitrogens with zero attached hydrogens (tertiary/aromatic N) is 1. The van der Waals surface area contributed by atoms with Gasteiger partial charge in [-0.1, -0.05) is 29.8 Å². The van der Waals surface area contributed by atoms with Gasteiger partial charge in [0.1, 0.15) is 17.2 Å². The van der Waals surface area contributed by atoms with Crippen molar-refractivity contribution >= 4 is 33.2 Å². The maximum absolute atomic E-state index is 13.1. The molecule has 0 saturated carbocycles. The van der Waals surface area contributed by atoms with E-state index in [4.69, 9.17) is 21.1 Å². The van der Waals surface area contributed by atoms with Gasteiger partial charge in [-0.3, -0.25) is 4.79 Å². The van der Waals surface area contributed by atoms with Crippen LogP contribution in [0.4, 0.5) is 5.69 Å². The molecule has 178 valence electrons. The van der Waals surface area contributed by atoms with Crippen LogP contribution >= 0.6 is 11.6 Å². The molecule has 34 heavy (non-hydrogen) atoms. The number of hydrogen-bond acceptors (Lipinski definition) is 5. The number of methoxy groups -OCH3 is 1. The van der Waals surface area contributed by atoms with Gasteiger partial charge in [0.25, 0.3) is 0 Å². The first-order valence-electron chi connectivity index (χ1n) is 10.8. The molecule has 1 amide bonds. The number of carbonyl (C=O) groups is 1. The first kappa shape index (κ1) is 24.1. The molecule has 3 aromatic rings. The Morgan fingerprint density at radius 1 is 1.03 bits per heavy atom. The summed E-state index contributed by atoms with van der Waals surface area (Å²) in [5.41, 5.74) is 0.618. The Balaban J connectivity index is 1.40. The molecule has 0 bridgehead atoms. The number of carbonyl (C=O) groups excluding carboxylic acids is 1. The topological polar surface area (TPSA) is 84.9 Å². The highest BCUT2D eigenvalue weighted by molar-refractivity contribution is 7.89. The summed E-state index contributed by atoms with van der Waals surface area (Å²) >= 11 is 6.12. The van der Waals surface area contributed by atoms with E-state index in [1.807, 2.05) is 30.3 Å². The first-order chi connectivity index (χ1) is 16.4.